The third-order valence-electron chi connectivity index (χ3n) is 2.50. The SMILES string of the molecule is C=C1C(=O)OC(CC)(CCCC)OC1=O. The smallest absolute Gasteiger partial charge is 0.348 e. The zero-order valence-electron chi connectivity index (χ0n) is 9.17. The fraction of sp³-hybridized carbons (Fsp3) is 0.636. The number of esters is 2. The molecular weight excluding hydrogens is 196 g/mol. The molecule has 0 aromatic heterocycles. The number of ether oxygens (including phenoxy) is 2. The van der Waals surface area contributed by atoms with Crippen molar-refractivity contribution in [3.63, 3.8) is 0 Å². The average molecular weight is 212 g/mol. The van der Waals surface area contributed by atoms with Crippen LogP contribution in [0.25, 0.3) is 0 Å². The van der Waals surface area contributed by atoms with E-state index in [-0.39, 0.29) is 5.57 Å². The van der Waals surface area contributed by atoms with E-state index in [9.17, 15) is 9.59 Å². The first-order valence-electron chi connectivity index (χ1n) is 5.20. The highest BCUT2D eigenvalue weighted by atomic mass is 16.7. The average Bonchev–Trinajstić information content (AvgIpc) is 2.23. The fourth-order valence-electron chi connectivity index (χ4n) is 1.43. The lowest BCUT2D eigenvalue weighted by molar-refractivity contribution is -0.239. The number of carbonyl (C=O) groups excluding carboxylic acids is 2. The van der Waals surface area contributed by atoms with Gasteiger partial charge in [-0.05, 0) is 6.42 Å². The van der Waals surface area contributed by atoms with Gasteiger partial charge in [0.2, 0.25) is 0 Å². The van der Waals surface area contributed by atoms with E-state index in [0.717, 1.165) is 12.8 Å². The molecule has 0 aromatic carbocycles. The molecule has 1 rings (SSSR count). The molecule has 0 spiro atoms. The second-order valence-electron chi connectivity index (χ2n) is 3.63. The Bertz CT molecular complexity index is 273. The summed E-state index contributed by atoms with van der Waals surface area (Å²) in [7, 11) is 0. The summed E-state index contributed by atoms with van der Waals surface area (Å²) >= 11 is 0. The van der Waals surface area contributed by atoms with Crippen LogP contribution in [0.15, 0.2) is 12.2 Å². The lowest BCUT2D eigenvalue weighted by Crippen LogP contribution is -2.45. The van der Waals surface area contributed by atoms with Crippen molar-refractivity contribution in [3.05, 3.63) is 12.2 Å². The Morgan fingerprint density at radius 3 is 2.13 bits per heavy atom. The summed E-state index contributed by atoms with van der Waals surface area (Å²) in [6, 6.07) is 0. The Labute approximate surface area is 89.2 Å². The van der Waals surface area contributed by atoms with Gasteiger partial charge in [-0.1, -0.05) is 26.8 Å². The van der Waals surface area contributed by atoms with Crippen LogP contribution in [0.2, 0.25) is 0 Å². The van der Waals surface area contributed by atoms with Gasteiger partial charge >= 0.3 is 11.9 Å². The number of cyclic esters (lactones) is 2. The van der Waals surface area contributed by atoms with Gasteiger partial charge in [0.25, 0.3) is 5.79 Å². The van der Waals surface area contributed by atoms with Gasteiger partial charge in [-0.2, -0.15) is 0 Å². The summed E-state index contributed by atoms with van der Waals surface area (Å²) in [5.74, 6) is -2.39. The summed E-state index contributed by atoms with van der Waals surface area (Å²) in [6.07, 6.45) is 2.82. The summed E-state index contributed by atoms with van der Waals surface area (Å²) < 4.78 is 10.3. The standard InChI is InChI=1S/C11H16O4/c1-4-6-7-11(5-2)14-9(12)8(3)10(13)15-11/h3-7H2,1-2H3. The van der Waals surface area contributed by atoms with E-state index in [2.05, 4.69) is 6.58 Å². The van der Waals surface area contributed by atoms with Crippen LogP contribution in [0.3, 0.4) is 0 Å². The molecule has 0 amide bonds. The monoisotopic (exact) mass is 212 g/mol. The molecule has 0 aromatic rings. The topological polar surface area (TPSA) is 52.6 Å². The van der Waals surface area contributed by atoms with Gasteiger partial charge < -0.3 is 9.47 Å². The van der Waals surface area contributed by atoms with E-state index in [1.807, 2.05) is 13.8 Å². The number of hydrogen-bond donors (Lipinski definition) is 0. The van der Waals surface area contributed by atoms with Crippen LogP contribution < -0.4 is 0 Å². The van der Waals surface area contributed by atoms with Gasteiger partial charge in [0, 0.05) is 12.8 Å². The van der Waals surface area contributed by atoms with E-state index >= 15 is 0 Å². The third kappa shape index (κ3) is 2.37. The molecule has 1 fully saturated rings. The van der Waals surface area contributed by atoms with Crippen molar-refractivity contribution in [3.8, 4) is 0 Å². The lowest BCUT2D eigenvalue weighted by Gasteiger charge is -2.35. The van der Waals surface area contributed by atoms with Gasteiger partial charge in [0.1, 0.15) is 5.57 Å². The summed E-state index contributed by atoms with van der Waals surface area (Å²) in [6.45, 7) is 7.15. The minimum atomic E-state index is -1.06. The Hall–Kier alpha value is -1.32. The summed E-state index contributed by atoms with van der Waals surface area (Å²) in [5.41, 5.74) is -0.226. The number of carbonyl (C=O) groups is 2. The zero-order chi connectivity index (χ0) is 11.5. The quantitative estimate of drug-likeness (QED) is 0.406. The van der Waals surface area contributed by atoms with Gasteiger partial charge in [-0.15, -0.1) is 0 Å². The molecule has 0 radical (unpaired) electrons. The fourth-order valence-corrected chi connectivity index (χ4v) is 1.43. The Morgan fingerprint density at radius 2 is 1.73 bits per heavy atom. The largest absolute Gasteiger partial charge is 0.419 e. The Morgan fingerprint density at radius 1 is 1.20 bits per heavy atom. The second-order valence-corrected chi connectivity index (χ2v) is 3.63. The van der Waals surface area contributed by atoms with E-state index in [0.29, 0.717) is 12.8 Å². The van der Waals surface area contributed by atoms with Gasteiger partial charge in [0.15, 0.2) is 0 Å². The number of hydrogen-bond acceptors (Lipinski definition) is 4. The number of rotatable bonds is 4. The van der Waals surface area contributed by atoms with E-state index < -0.39 is 17.7 Å². The minimum absolute atomic E-state index is 0.226. The molecule has 0 aliphatic carbocycles. The van der Waals surface area contributed by atoms with Gasteiger partial charge in [-0.25, -0.2) is 9.59 Å². The second kappa shape index (κ2) is 4.47. The summed E-state index contributed by atoms with van der Waals surface area (Å²) in [4.78, 5) is 22.6. The van der Waals surface area contributed by atoms with E-state index in [1.54, 1.807) is 0 Å². The van der Waals surface area contributed by atoms with Crippen LogP contribution in [-0.4, -0.2) is 17.7 Å². The van der Waals surface area contributed by atoms with Crippen molar-refractivity contribution in [2.75, 3.05) is 0 Å². The van der Waals surface area contributed by atoms with E-state index in [4.69, 9.17) is 9.47 Å². The van der Waals surface area contributed by atoms with Gasteiger partial charge in [-0.3, -0.25) is 0 Å². The highest BCUT2D eigenvalue weighted by Gasteiger charge is 2.43. The molecule has 1 aliphatic rings. The maximum absolute atomic E-state index is 11.3. The first-order chi connectivity index (χ1) is 7.04. The van der Waals surface area contributed by atoms with Crippen molar-refractivity contribution in [1.82, 2.24) is 0 Å². The molecule has 0 N–H and O–H groups in total. The van der Waals surface area contributed by atoms with E-state index in [1.165, 1.54) is 0 Å². The third-order valence-corrected chi connectivity index (χ3v) is 2.50. The molecular formula is C11H16O4. The molecule has 4 heteroatoms. The first kappa shape index (κ1) is 11.8. The van der Waals surface area contributed by atoms with Crippen molar-refractivity contribution in [2.24, 2.45) is 0 Å². The maximum atomic E-state index is 11.3. The molecule has 1 aliphatic heterocycles. The van der Waals surface area contributed by atoms with Crippen LogP contribution in [-0.2, 0) is 19.1 Å². The molecule has 15 heavy (non-hydrogen) atoms. The van der Waals surface area contributed by atoms with Crippen molar-refractivity contribution < 1.29 is 19.1 Å². The van der Waals surface area contributed by atoms with Crippen LogP contribution in [0.1, 0.15) is 39.5 Å². The van der Waals surface area contributed by atoms with Crippen LogP contribution >= 0.6 is 0 Å². The Kier molecular flexibility index (Phi) is 3.50. The minimum Gasteiger partial charge on any atom is -0.419 e. The predicted octanol–water partition coefficient (Wildman–Crippen LogP) is 1.94. The molecule has 84 valence electrons. The van der Waals surface area contributed by atoms with Crippen LogP contribution in [0.5, 0.6) is 0 Å². The molecule has 0 atom stereocenters. The zero-order valence-corrected chi connectivity index (χ0v) is 9.17. The molecule has 0 saturated carbocycles. The lowest BCUT2D eigenvalue weighted by atomic mass is 10.0. The van der Waals surface area contributed by atoms with Crippen molar-refractivity contribution >= 4 is 11.9 Å². The highest BCUT2D eigenvalue weighted by Crippen LogP contribution is 2.30. The van der Waals surface area contributed by atoms with Crippen LogP contribution in [0.4, 0.5) is 0 Å². The highest BCUT2D eigenvalue weighted by molar-refractivity contribution is 6.14. The Balaban J connectivity index is 2.78. The maximum Gasteiger partial charge on any atom is 0.348 e. The number of unbranched alkanes of at least 4 members (excludes halogenated alkanes) is 1. The predicted molar refractivity (Wildman–Crippen MR) is 53.9 cm³/mol. The van der Waals surface area contributed by atoms with Crippen molar-refractivity contribution in [2.45, 2.75) is 45.3 Å². The molecule has 0 unspecified atom stereocenters. The molecule has 1 heterocycles. The normalized spacial score (nSPS) is 19.7. The molecule has 4 nitrogen and oxygen atoms in total. The first-order valence-corrected chi connectivity index (χ1v) is 5.20. The van der Waals surface area contributed by atoms with Crippen molar-refractivity contribution in [1.29, 1.82) is 0 Å². The summed E-state index contributed by atoms with van der Waals surface area (Å²) in [5, 5.41) is 0. The molecule has 1 saturated heterocycles. The van der Waals surface area contributed by atoms with Crippen LogP contribution in [0, 0.1) is 0 Å². The van der Waals surface area contributed by atoms with Gasteiger partial charge in [0.05, 0.1) is 0 Å². The molecule has 0 bridgehead atoms.